The summed E-state index contributed by atoms with van der Waals surface area (Å²) >= 11 is 0. The molecule has 108 valence electrons. The van der Waals surface area contributed by atoms with Crippen molar-refractivity contribution in [1.82, 2.24) is 4.90 Å². The minimum atomic E-state index is 0.166. The minimum Gasteiger partial charge on any atom is -0.339 e. The standard InChI is InChI=1S/C16H28N2O/c1-5-12-6-14(19)18(9-12)13-7-15(2,3)10-16(4,8-13)11-17/h5,12-13H,1,6-11,17H2,2-4H3. The zero-order chi connectivity index (χ0) is 14.3. The van der Waals surface area contributed by atoms with Crippen LogP contribution in [0.1, 0.15) is 46.5 Å². The van der Waals surface area contributed by atoms with Gasteiger partial charge in [-0.1, -0.05) is 26.8 Å². The molecule has 0 bridgehead atoms. The number of hydrogen-bond acceptors (Lipinski definition) is 2. The van der Waals surface area contributed by atoms with Crippen LogP contribution in [-0.4, -0.2) is 29.9 Å². The Morgan fingerprint density at radius 3 is 2.63 bits per heavy atom. The molecule has 1 amide bonds. The quantitative estimate of drug-likeness (QED) is 0.796. The number of amides is 1. The number of nitrogens with zero attached hydrogens (tertiary/aromatic N) is 1. The summed E-state index contributed by atoms with van der Waals surface area (Å²) < 4.78 is 0. The summed E-state index contributed by atoms with van der Waals surface area (Å²) in [6.07, 6.45) is 5.86. The van der Waals surface area contributed by atoms with E-state index in [2.05, 4.69) is 32.3 Å². The zero-order valence-corrected chi connectivity index (χ0v) is 12.6. The van der Waals surface area contributed by atoms with Gasteiger partial charge < -0.3 is 10.6 Å². The number of carbonyl (C=O) groups excluding carboxylic acids is 1. The lowest BCUT2D eigenvalue weighted by molar-refractivity contribution is -0.132. The molecule has 3 nitrogen and oxygen atoms in total. The molecule has 0 aromatic rings. The molecule has 1 saturated heterocycles. The maximum atomic E-state index is 12.2. The molecule has 1 saturated carbocycles. The third-order valence-corrected chi connectivity index (χ3v) is 4.88. The monoisotopic (exact) mass is 264 g/mol. The lowest BCUT2D eigenvalue weighted by Crippen LogP contribution is -2.49. The van der Waals surface area contributed by atoms with E-state index in [1.807, 2.05) is 6.08 Å². The molecule has 0 aromatic carbocycles. The van der Waals surface area contributed by atoms with Gasteiger partial charge in [0.05, 0.1) is 0 Å². The number of carbonyl (C=O) groups is 1. The van der Waals surface area contributed by atoms with Crippen molar-refractivity contribution in [3.05, 3.63) is 12.7 Å². The lowest BCUT2D eigenvalue weighted by Gasteiger charge is -2.48. The highest BCUT2D eigenvalue weighted by molar-refractivity contribution is 5.79. The molecule has 1 aliphatic heterocycles. The van der Waals surface area contributed by atoms with E-state index in [0.717, 1.165) is 25.8 Å². The summed E-state index contributed by atoms with van der Waals surface area (Å²) in [6.45, 7) is 12.3. The molecule has 2 rings (SSSR count). The summed E-state index contributed by atoms with van der Waals surface area (Å²) in [5.74, 6) is 0.633. The van der Waals surface area contributed by atoms with Gasteiger partial charge in [0, 0.05) is 24.9 Å². The highest BCUT2D eigenvalue weighted by Crippen LogP contribution is 2.47. The van der Waals surface area contributed by atoms with E-state index in [1.54, 1.807) is 0 Å². The van der Waals surface area contributed by atoms with Crippen molar-refractivity contribution in [2.24, 2.45) is 22.5 Å². The molecular formula is C16H28N2O. The van der Waals surface area contributed by atoms with E-state index in [4.69, 9.17) is 5.73 Å². The Balaban J connectivity index is 2.15. The lowest BCUT2D eigenvalue weighted by atomic mass is 9.62. The van der Waals surface area contributed by atoms with E-state index >= 15 is 0 Å². The number of likely N-dealkylation sites (tertiary alicyclic amines) is 1. The van der Waals surface area contributed by atoms with Crippen LogP contribution in [0.25, 0.3) is 0 Å². The van der Waals surface area contributed by atoms with E-state index in [9.17, 15) is 4.79 Å². The first-order valence-corrected chi connectivity index (χ1v) is 7.41. The number of nitrogens with two attached hydrogens (primary N) is 1. The fourth-order valence-electron chi connectivity index (χ4n) is 4.23. The molecule has 2 aliphatic rings. The van der Waals surface area contributed by atoms with Gasteiger partial charge in [-0.15, -0.1) is 6.58 Å². The molecular weight excluding hydrogens is 236 g/mol. The average Bonchev–Trinajstić information content (AvgIpc) is 2.68. The van der Waals surface area contributed by atoms with E-state index in [1.165, 1.54) is 0 Å². The third-order valence-electron chi connectivity index (χ3n) is 4.88. The maximum absolute atomic E-state index is 12.2. The van der Waals surface area contributed by atoms with Crippen molar-refractivity contribution < 1.29 is 4.79 Å². The third kappa shape index (κ3) is 3.02. The Kier molecular flexibility index (Phi) is 3.78. The van der Waals surface area contributed by atoms with Gasteiger partial charge in [0.2, 0.25) is 5.91 Å². The molecule has 2 N–H and O–H groups in total. The fourth-order valence-corrected chi connectivity index (χ4v) is 4.23. The first-order valence-electron chi connectivity index (χ1n) is 7.41. The first kappa shape index (κ1) is 14.6. The molecule has 2 fully saturated rings. The Morgan fingerprint density at radius 2 is 2.11 bits per heavy atom. The molecule has 19 heavy (non-hydrogen) atoms. The van der Waals surface area contributed by atoms with E-state index in [-0.39, 0.29) is 10.8 Å². The predicted octanol–water partition coefficient (Wildman–Crippen LogP) is 2.56. The van der Waals surface area contributed by atoms with Gasteiger partial charge in [-0.05, 0) is 36.6 Å². The van der Waals surface area contributed by atoms with Crippen LogP contribution in [0.2, 0.25) is 0 Å². The average molecular weight is 264 g/mol. The van der Waals surface area contributed by atoms with E-state index in [0.29, 0.717) is 30.8 Å². The fraction of sp³-hybridized carbons (Fsp3) is 0.812. The van der Waals surface area contributed by atoms with Gasteiger partial charge in [0.1, 0.15) is 0 Å². The Labute approximate surface area is 117 Å². The van der Waals surface area contributed by atoms with Crippen LogP contribution in [0, 0.1) is 16.7 Å². The maximum Gasteiger partial charge on any atom is 0.223 e. The van der Waals surface area contributed by atoms with Crippen LogP contribution in [-0.2, 0) is 4.79 Å². The van der Waals surface area contributed by atoms with Crippen LogP contribution in [0.5, 0.6) is 0 Å². The van der Waals surface area contributed by atoms with Crippen molar-refractivity contribution >= 4 is 5.91 Å². The van der Waals surface area contributed by atoms with Crippen LogP contribution in [0.3, 0.4) is 0 Å². The molecule has 0 aromatic heterocycles. The molecule has 0 radical (unpaired) electrons. The summed E-state index contributed by atoms with van der Waals surface area (Å²) in [5, 5.41) is 0. The van der Waals surface area contributed by atoms with Gasteiger partial charge >= 0.3 is 0 Å². The Hall–Kier alpha value is -0.830. The normalized spacial score (nSPS) is 38.5. The molecule has 3 atom stereocenters. The van der Waals surface area contributed by atoms with Crippen LogP contribution in [0.4, 0.5) is 0 Å². The van der Waals surface area contributed by atoms with Gasteiger partial charge in [0.15, 0.2) is 0 Å². The smallest absolute Gasteiger partial charge is 0.223 e. The van der Waals surface area contributed by atoms with Crippen LogP contribution < -0.4 is 5.73 Å². The Bertz CT molecular complexity index is 377. The Morgan fingerprint density at radius 1 is 1.42 bits per heavy atom. The van der Waals surface area contributed by atoms with Gasteiger partial charge in [0.25, 0.3) is 0 Å². The van der Waals surface area contributed by atoms with Crippen LogP contribution in [0.15, 0.2) is 12.7 Å². The van der Waals surface area contributed by atoms with Crippen molar-refractivity contribution in [3.8, 4) is 0 Å². The highest BCUT2D eigenvalue weighted by atomic mass is 16.2. The van der Waals surface area contributed by atoms with Gasteiger partial charge in [-0.25, -0.2) is 0 Å². The highest BCUT2D eigenvalue weighted by Gasteiger charge is 2.45. The van der Waals surface area contributed by atoms with Crippen molar-refractivity contribution in [1.29, 1.82) is 0 Å². The summed E-state index contributed by atoms with van der Waals surface area (Å²) in [7, 11) is 0. The SMILES string of the molecule is C=CC1CC(=O)N(C2CC(C)(C)CC(C)(CN)C2)C1. The van der Waals surface area contributed by atoms with Crippen LogP contribution >= 0.6 is 0 Å². The number of hydrogen-bond donors (Lipinski definition) is 1. The second kappa shape index (κ2) is 4.93. The van der Waals surface area contributed by atoms with Crippen molar-refractivity contribution in [3.63, 3.8) is 0 Å². The van der Waals surface area contributed by atoms with Crippen molar-refractivity contribution in [2.45, 2.75) is 52.5 Å². The van der Waals surface area contributed by atoms with Gasteiger partial charge in [-0.3, -0.25) is 4.79 Å². The van der Waals surface area contributed by atoms with Crippen molar-refractivity contribution in [2.75, 3.05) is 13.1 Å². The first-order chi connectivity index (χ1) is 8.78. The zero-order valence-electron chi connectivity index (χ0n) is 12.6. The predicted molar refractivity (Wildman–Crippen MR) is 78.6 cm³/mol. The molecule has 1 heterocycles. The summed E-state index contributed by atoms with van der Waals surface area (Å²) in [6, 6.07) is 0.356. The molecule has 3 unspecified atom stereocenters. The molecule has 3 heteroatoms. The molecule has 1 aliphatic carbocycles. The molecule has 0 spiro atoms. The second-order valence-corrected chi connectivity index (χ2v) is 7.66. The summed E-state index contributed by atoms with van der Waals surface area (Å²) in [4.78, 5) is 14.3. The minimum absolute atomic E-state index is 0.166. The largest absolute Gasteiger partial charge is 0.339 e. The summed E-state index contributed by atoms with van der Waals surface area (Å²) in [5.41, 5.74) is 6.42. The topological polar surface area (TPSA) is 46.3 Å². The van der Waals surface area contributed by atoms with Gasteiger partial charge in [-0.2, -0.15) is 0 Å². The second-order valence-electron chi connectivity index (χ2n) is 7.66. The van der Waals surface area contributed by atoms with E-state index < -0.39 is 0 Å². The number of rotatable bonds is 3.